The zero-order chi connectivity index (χ0) is 21.5. The molecule has 0 atom stereocenters. The highest BCUT2D eigenvalue weighted by Crippen LogP contribution is 2.31. The van der Waals surface area contributed by atoms with Crippen molar-refractivity contribution in [2.45, 2.75) is 10.1 Å². The van der Waals surface area contributed by atoms with Crippen molar-refractivity contribution in [2.75, 3.05) is 19.5 Å². The number of halogens is 2. The van der Waals surface area contributed by atoms with Gasteiger partial charge in [0.25, 0.3) is 0 Å². The van der Waals surface area contributed by atoms with Crippen LogP contribution in [0.1, 0.15) is 11.1 Å². The zero-order valence-corrected chi connectivity index (χ0v) is 19.2. The largest absolute Gasteiger partial charge is 0.493 e. The molecule has 10 heteroatoms. The van der Waals surface area contributed by atoms with Crippen LogP contribution in [-0.2, 0) is 10.5 Å². The van der Waals surface area contributed by atoms with Gasteiger partial charge < -0.3 is 9.47 Å². The van der Waals surface area contributed by atoms with E-state index in [0.717, 1.165) is 15.5 Å². The SMILES string of the molecule is COc1ccc(/C=C/C(=O)Nc2nnc(SCc3ccc(Cl)cc3Cl)s2)cc1OC. The first-order valence-electron chi connectivity index (χ1n) is 8.60. The van der Waals surface area contributed by atoms with Crippen LogP contribution in [0.5, 0.6) is 11.5 Å². The molecular weight excluding hydrogens is 465 g/mol. The fourth-order valence-corrected chi connectivity index (χ4v) is 4.69. The summed E-state index contributed by atoms with van der Waals surface area (Å²) in [6, 6.07) is 10.8. The fourth-order valence-electron chi connectivity index (χ4n) is 2.37. The van der Waals surface area contributed by atoms with Gasteiger partial charge in [-0.05, 0) is 41.5 Å². The molecule has 3 aromatic rings. The van der Waals surface area contributed by atoms with Gasteiger partial charge in [-0.2, -0.15) is 0 Å². The number of anilines is 1. The topological polar surface area (TPSA) is 73.3 Å². The minimum absolute atomic E-state index is 0.307. The highest BCUT2D eigenvalue weighted by atomic mass is 35.5. The molecule has 0 radical (unpaired) electrons. The molecule has 0 aliphatic rings. The number of hydrogen-bond acceptors (Lipinski definition) is 7. The fraction of sp³-hybridized carbons (Fsp3) is 0.150. The minimum Gasteiger partial charge on any atom is -0.493 e. The van der Waals surface area contributed by atoms with E-state index in [0.29, 0.717) is 32.4 Å². The van der Waals surface area contributed by atoms with Gasteiger partial charge >= 0.3 is 0 Å². The maximum atomic E-state index is 12.2. The number of aromatic nitrogens is 2. The third-order valence-corrected chi connectivity index (χ3v) is 6.45. The van der Waals surface area contributed by atoms with Crippen molar-refractivity contribution >= 4 is 63.4 Å². The summed E-state index contributed by atoms with van der Waals surface area (Å²) in [4.78, 5) is 12.2. The molecule has 2 aromatic carbocycles. The van der Waals surface area contributed by atoms with Gasteiger partial charge in [0, 0.05) is 21.9 Å². The summed E-state index contributed by atoms with van der Waals surface area (Å²) in [6.07, 6.45) is 3.10. The van der Waals surface area contributed by atoms with E-state index < -0.39 is 0 Å². The Morgan fingerprint density at radius 3 is 2.67 bits per heavy atom. The number of hydrogen-bond donors (Lipinski definition) is 1. The minimum atomic E-state index is -0.307. The highest BCUT2D eigenvalue weighted by molar-refractivity contribution is 8.00. The quantitative estimate of drug-likeness (QED) is 0.248. The summed E-state index contributed by atoms with van der Waals surface area (Å²) in [5.74, 6) is 1.53. The van der Waals surface area contributed by atoms with Gasteiger partial charge in [-0.25, -0.2) is 0 Å². The number of methoxy groups -OCH3 is 2. The van der Waals surface area contributed by atoms with E-state index in [-0.39, 0.29) is 5.91 Å². The Morgan fingerprint density at radius 1 is 1.13 bits per heavy atom. The molecule has 0 spiro atoms. The van der Waals surface area contributed by atoms with Gasteiger partial charge in [0.05, 0.1) is 14.2 Å². The lowest BCUT2D eigenvalue weighted by atomic mass is 10.2. The second-order valence-corrected chi connectivity index (χ2v) is 8.88. The van der Waals surface area contributed by atoms with Gasteiger partial charge in [-0.15, -0.1) is 10.2 Å². The Hall–Kier alpha value is -2.26. The maximum absolute atomic E-state index is 12.2. The van der Waals surface area contributed by atoms with Gasteiger partial charge in [0.15, 0.2) is 15.8 Å². The molecule has 0 aliphatic carbocycles. The first-order chi connectivity index (χ1) is 14.5. The number of ether oxygens (including phenoxy) is 2. The molecule has 3 rings (SSSR count). The molecule has 0 aliphatic heterocycles. The van der Waals surface area contributed by atoms with Crippen molar-refractivity contribution in [1.82, 2.24) is 10.2 Å². The van der Waals surface area contributed by atoms with Gasteiger partial charge in [-0.1, -0.05) is 58.4 Å². The molecule has 0 saturated heterocycles. The highest BCUT2D eigenvalue weighted by Gasteiger charge is 2.09. The van der Waals surface area contributed by atoms with Crippen molar-refractivity contribution in [1.29, 1.82) is 0 Å². The molecular formula is C20H17Cl2N3O3S2. The van der Waals surface area contributed by atoms with Crippen molar-refractivity contribution in [3.63, 3.8) is 0 Å². The molecule has 30 heavy (non-hydrogen) atoms. The summed E-state index contributed by atoms with van der Waals surface area (Å²) in [5.41, 5.74) is 1.75. The van der Waals surface area contributed by atoms with Gasteiger partial charge in [0.2, 0.25) is 11.0 Å². The summed E-state index contributed by atoms with van der Waals surface area (Å²) in [7, 11) is 3.13. The number of benzene rings is 2. The first-order valence-corrected chi connectivity index (χ1v) is 11.2. The predicted octanol–water partition coefficient (Wildman–Crippen LogP) is 5.81. The smallest absolute Gasteiger partial charge is 0.250 e. The molecule has 1 N–H and O–H groups in total. The molecule has 0 fully saturated rings. The Labute approximate surface area is 192 Å². The Morgan fingerprint density at radius 2 is 1.93 bits per heavy atom. The molecule has 0 unspecified atom stereocenters. The monoisotopic (exact) mass is 481 g/mol. The summed E-state index contributed by atoms with van der Waals surface area (Å²) < 4.78 is 11.2. The third kappa shape index (κ3) is 6.12. The molecule has 1 aromatic heterocycles. The Kier molecular flexibility index (Phi) is 7.98. The number of nitrogens with one attached hydrogen (secondary N) is 1. The van der Waals surface area contributed by atoms with Crippen LogP contribution in [-0.4, -0.2) is 30.3 Å². The normalized spacial score (nSPS) is 10.9. The second-order valence-electron chi connectivity index (χ2n) is 5.83. The molecule has 6 nitrogen and oxygen atoms in total. The van der Waals surface area contributed by atoms with E-state index in [4.69, 9.17) is 32.7 Å². The molecule has 1 amide bonds. The number of rotatable bonds is 8. The number of carbonyl (C=O) groups excluding carboxylic acids is 1. The number of nitrogens with zero attached hydrogens (tertiary/aromatic N) is 2. The molecule has 1 heterocycles. The van der Waals surface area contributed by atoms with E-state index >= 15 is 0 Å². The lowest BCUT2D eigenvalue weighted by molar-refractivity contribution is -0.111. The Balaban J connectivity index is 1.56. The lowest BCUT2D eigenvalue weighted by Crippen LogP contribution is -2.07. The van der Waals surface area contributed by atoms with E-state index in [2.05, 4.69) is 15.5 Å². The third-order valence-electron chi connectivity index (χ3n) is 3.84. The van der Waals surface area contributed by atoms with Gasteiger partial charge in [0.1, 0.15) is 0 Å². The second kappa shape index (κ2) is 10.7. The standard InChI is InChI=1S/C20H17Cl2N3O3S2/c1-27-16-7-3-12(9-17(16)28-2)4-8-18(26)23-19-24-25-20(30-19)29-11-13-5-6-14(21)10-15(13)22/h3-10H,11H2,1-2H3,(H,23,24,26)/b8-4+. The van der Waals surface area contributed by atoms with E-state index in [1.807, 2.05) is 12.1 Å². The van der Waals surface area contributed by atoms with Crippen LogP contribution in [0.3, 0.4) is 0 Å². The number of carbonyl (C=O) groups is 1. The molecule has 0 saturated carbocycles. The molecule has 156 valence electrons. The summed E-state index contributed by atoms with van der Waals surface area (Å²) in [6.45, 7) is 0. The van der Waals surface area contributed by atoms with Crippen molar-refractivity contribution in [3.05, 3.63) is 63.6 Å². The predicted molar refractivity (Wildman–Crippen MR) is 123 cm³/mol. The average Bonchev–Trinajstić information content (AvgIpc) is 3.18. The van der Waals surface area contributed by atoms with Crippen LogP contribution in [0.4, 0.5) is 5.13 Å². The van der Waals surface area contributed by atoms with Crippen molar-refractivity contribution in [3.8, 4) is 11.5 Å². The zero-order valence-electron chi connectivity index (χ0n) is 16.0. The number of thioether (sulfide) groups is 1. The summed E-state index contributed by atoms with van der Waals surface area (Å²) >= 11 is 14.9. The van der Waals surface area contributed by atoms with Crippen LogP contribution in [0.2, 0.25) is 10.0 Å². The summed E-state index contributed by atoms with van der Waals surface area (Å²) in [5, 5.41) is 12.4. The molecule has 0 bridgehead atoms. The number of amides is 1. The van der Waals surface area contributed by atoms with Crippen LogP contribution in [0.15, 0.2) is 46.8 Å². The van der Waals surface area contributed by atoms with Crippen LogP contribution in [0.25, 0.3) is 6.08 Å². The van der Waals surface area contributed by atoms with E-state index in [1.165, 1.54) is 29.2 Å². The van der Waals surface area contributed by atoms with Gasteiger partial charge in [-0.3, -0.25) is 10.1 Å². The first kappa shape index (κ1) is 22.4. The lowest BCUT2D eigenvalue weighted by Gasteiger charge is -2.07. The van der Waals surface area contributed by atoms with Crippen LogP contribution < -0.4 is 14.8 Å². The Bertz CT molecular complexity index is 1070. The van der Waals surface area contributed by atoms with Crippen LogP contribution in [0, 0.1) is 0 Å². The van der Waals surface area contributed by atoms with Crippen molar-refractivity contribution < 1.29 is 14.3 Å². The maximum Gasteiger partial charge on any atom is 0.250 e. The van der Waals surface area contributed by atoms with Crippen LogP contribution >= 0.6 is 46.3 Å². The van der Waals surface area contributed by atoms with E-state index in [1.54, 1.807) is 44.6 Å². The average molecular weight is 482 g/mol. The van der Waals surface area contributed by atoms with Crippen molar-refractivity contribution in [2.24, 2.45) is 0 Å². The van der Waals surface area contributed by atoms with E-state index in [9.17, 15) is 4.79 Å².